The third-order valence-electron chi connectivity index (χ3n) is 5.68. The Bertz CT molecular complexity index is 1060. The second kappa shape index (κ2) is 8.42. The quantitative estimate of drug-likeness (QED) is 0.485. The number of ether oxygens (including phenoxy) is 1. The van der Waals surface area contributed by atoms with E-state index in [-0.39, 0.29) is 31.2 Å². The Morgan fingerprint density at radius 2 is 1.66 bits per heavy atom. The monoisotopic (exact) mass is 457 g/mol. The maximum absolute atomic E-state index is 13.1. The van der Waals surface area contributed by atoms with Gasteiger partial charge in [-0.25, -0.2) is 0 Å². The predicted molar refractivity (Wildman–Crippen MR) is 106 cm³/mol. The molecular formula is C22H19F6N2O2-. The van der Waals surface area contributed by atoms with Crippen molar-refractivity contribution in [2.45, 2.75) is 43.8 Å². The maximum atomic E-state index is 13.1. The topological polar surface area (TPSA) is 51.3 Å². The van der Waals surface area contributed by atoms with Gasteiger partial charge in [-0.2, -0.15) is 26.3 Å². The van der Waals surface area contributed by atoms with Crippen LogP contribution in [0.25, 0.3) is 10.9 Å². The van der Waals surface area contributed by atoms with E-state index < -0.39 is 35.6 Å². The summed E-state index contributed by atoms with van der Waals surface area (Å²) in [7, 11) is 0. The maximum Gasteiger partial charge on any atom is 0.416 e. The van der Waals surface area contributed by atoms with Crippen molar-refractivity contribution in [3.63, 3.8) is 0 Å². The van der Waals surface area contributed by atoms with Gasteiger partial charge in [0.15, 0.2) is 0 Å². The Labute approximate surface area is 179 Å². The lowest BCUT2D eigenvalue weighted by Crippen LogP contribution is -2.33. The average molecular weight is 457 g/mol. The molecule has 4 rings (SSSR count). The number of para-hydroxylation sites is 1. The summed E-state index contributed by atoms with van der Waals surface area (Å²) in [5.74, 6) is 0. The summed E-state index contributed by atoms with van der Waals surface area (Å²) < 4.78 is 84.0. The molecule has 3 aromatic rings. The fourth-order valence-electron chi connectivity index (χ4n) is 4.07. The largest absolute Gasteiger partial charge is 0.783 e. The van der Waals surface area contributed by atoms with Crippen molar-refractivity contribution in [1.29, 1.82) is 0 Å². The van der Waals surface area contributed by atoms with E-state index in [1.807, 2.05) is 24.3 Å². The first-order valence-corrected chi connectivity index (χ1v) is 9.91. The number of halogens is 6. The molecule has 2 atom stereocenters. The van der Waals surface area contributed by atoms with E-state index >= 15 is 0 Å². The van der Waals surface area contributed by atoms with Gasteiger partial charge in [0.05, 0.1) is 24.0 Å². The van der Waals surface area contributed by atoms with Gasteiger partial charge in [0.1, 0.15) is 0 Å². The van der Waals surface area contributed by atoms with Crippen LogP contribution in [0.3, 0.4) is 0 Å². The zero-order valence-electron chi connectivity index (χ0n) is 16.6. The average Bonchev–Trinajstić information content (AvgIpc) is 3.29. The highest BCUT2D eigenvalue weighted by Gasteiger charge is 2.37. The van der Waals surface area contributed by atoms with Crippen molar-refractivity contribution in [3.05, 3.63) is 76.1 Å². The van der Waals surface area contributed by atoms with E-state index in [1.165, 1.54) is 0 Å². The molecular weight excluding hydrogens is 438 g/mol. The van der Waals surface area contributed by atoms with Crippen molar-refractivity contribution >= 4 is 10.9 Å². The molecule has 0 bridgehead atoms. The number of aromatic amines is 1. The van der Waals surface area contributed by atoms with Gasteiger partial charge in [0.2, 0.25) is 0 Å². The number of nitrogens with one attached hydrogen (secondary N) is 1. The number of alkyl halides is 6. The predicted octanol–water partition coefficient (Wildman–Crippen LogP) is 5.91. The molecule has 0 radical (unpaired) electrons. The number of hydrogen-bond acceptors (Lipinski definition) is 3. The summed E-state index contributed by atoms with van der Waals surface area (Å²) >= 11 is 0. The Kier molecular flexibility index (Phi) is 5.95. The standard InChI is InChI=1S/C22H19F6N2O2/c23-21(24,25)15-7-13(8-16(10-15)22(26,27)28)5-6-20-19(30(31)12-32-20)9-14-11-29-18-4-2-1-3-17(14)18/h1-4,7-8,10-11,19-20,29H,5-6,9,12H2/q-1. The molecule has 2 unspecified atom stereocenters. The molecule has 1 aliphatic rings. The van der Waals surface area contributed by atoms with Crippen LogP contribution in [-0.4, -0.2) is 28.9 Å². The van der Waals surface area contributed by atoms with Gasteiger partial charge in [0, 0.05) is 23.1 Å². The van der Waals surface area contributed by atoms with E-state index in [0.717, 1.165) is 21.5 Å². The van der Waals surface area contributed by atoms with Gasteiger partial charge in [-0.15, -0.1) is 0 Å². The summed E-state index contributed by atoms with van der Waals surface area (Å²) in [4.78, 5) is 3.12. The molecule has 1 aromatic heterocycles. The lowest BCUT2D eigenvalue weighted by atomic mass is 9.95. The van der Waals surface area contributed by atoms with E-state index in [0.29, 0.717) is 18.6 Å². The second-order valence-electron chi connectivity index (χ2n) is 7.84. The smallest absolute Gasteiger partial charge is 0.416 e. The highest BCUT2D eigenvalue weighted by molar-refractivity contribution is 5.83. The number of aryl methyl sites for hydroxylation is 1. The van der Waals surface area contributed by atoms with Crippen LogP contribution in [0, 0.1) is 5.21 Å². The van der Waals surface area contributed by atoms with E-state index in [2.05, 4.69) is 4.98 Å². The van der Waals surface area contributed by atoms with Crippen molar-refractivity contribution < 1.29 is 31.1 Å². The van der Waals surface area contributed by atoms with Crippen LogP contribution in [0.15, 0.2) is 48.7 Å². The first-order chi connectivity index (χ1) is 15.0. The molecule has 2 heterocycles. The number of hydroxylamine groups is 2. The normalized spacial score (nSPS) is 20.3. The van der Waals surface area contributed by atoms with Crippen LogP contribution in [0.5, 0.6) is 0 Å². The SMILES string of the molecule is [O-]N1COC(CCc2cc(C(F)(F)F)cc(C(F)(F)F)c2)C1Cc1c[nH]c2ccccc12. The number of benzene rings is 2. The zero-order valence-corrected chi connectivity index (χ0v) is 16.6. The Morgan fingerprint density at radius 1 is 1.00 bits per heavy atom. The Morgan fingerprint density at radius 3 is 2.31 bits per heavy atom. The summed E-state index contributed by atoms with van der Waals surface area (Å²) in [5, 5.41) is 14.0. The number of aromatic nitrogens is 1. The molecule has 1 N–H and O–H groups in total. The first kappa shape index (κ1) is 22.6. The van der Waals surface area contributed by atoms with Crippen LogP contribution in [0.1, 0.15) is 28.7 Å². The van der Waals surface area contributed by atoms with E-state index in [9.17, 15) is 31.5 Å². The van der Waals surface area contributed by atoms with Crippen molar-refractivity contribution in [2.24, 2.45) is 0 Å². The van der Waals surface area contributed by atoms with Gasteiger partial charge >= 0.3 is 12.4 Å². The molecule has 1 aliphatic heterocycles. The Balaban J connectivity index is 1.52. The van der Waals surface area contributed by atoms with Crippen LogP contribution in [0.4, 0.5) is 26.3 Å². The minimum atomic E-state index is -4.90. The van der Waals surface area contributed by atoms with Crippen molar-refractivity contribution in [2.75, 3.05) is 6.73 Å². The zero-order chi connectivity index (χ0) is 23.1. The Hall–Kier alpha value is -2.56. The van der Waals surface area contributed by atoms with Crippen molar-refractivity contribution in [1.82, 2.24) is 10.0 Å². The lowest BCUT2D eigenvalue weighted by Gasteiger charge is -2.30. The van der Waals surface area contributed by atoms with Crippen LogP contribution >= 0.6 is 0 Å². The minimum Gasteiger partial charge on any atom is -0.783 e. The summed E-state index contributed by atoms with van der Waals surface area (Å²) in [6.07, 6.45) is -8.26. The van der Waals surface area contributed by atoms with Gasteiger partial charge in [-0.1, -0.05) is 18.2 Å². The minimum absolute atomic E-state index is 0.0874. The number of rotatable bonds is 5. The fourth-order valence-corrected chi connectivity index (χ4v) is 4.07. The molecule has 4 nitrogen and oxygen atoms in total. The molecule has 2 aromatic carbocycles. The highest BCUT2D eigenvalue weighted by Crippen LogP contribution is 2.37. The lowest BCUT2D eigenvalue weighted by molar-refractivity contribution is -0.143. The van der Waals surface area contributed by atoms with Gasteiger partial charge < -0.3 is 20.0 Å². The summed E-state index contributed by atoms with van der Waals surface area (Å²) in [6.45, 7) is -0.200. The molecule has 1 fully saturated rings. The number of nitrogens with zero attached hydrogens (tertiary/aromatic N) is 1. The van der Waals surface area contributed by atoms with E-state index in [1.54, 1.807) is 6.20 Å². The van der Waals surface area contributed by atoms with Gasteiger partial charge in [-0.3, -0.25) is 0 Å². The number of hydrogen-bond donors (Lipinski definition) is 1. The first-order valence-electron chi connectivity index (χ1n) is 9.91. The summed E-state index contributed by atoms with van der Waals surface area (Å²) in [5.41, 5.74) is -1.02. The van der Waals surface area contributed by atoms with Crippen LogP contribution in [-0.2, 0) is 29.9 Å². The summed E-state index contributed by atoms with van der Waals surface area (Å²) in [6, 6.07) is 8.47. The number of fused-ring (bicyclic) bond motifs is 1. The van der Waals surface area contributed by atoms with Crippen LogP contribution < -0.4 is 0 Å². The molecule has 0 spiro atoms. The third-order valence-corrected chi connectivity index (χ3v) is 5.68. The molecule has 0 aliphatic carbocycles. The van der Waals surface area contributed by atoms with Crippen LogP contribution in [0.2, 0.25) is 0 Å². The van der Waals surface area contributed by atoms with E-state index in [4.69, 9.17) is 4.74 Å². The molecule has 1 saturated heterocycles. The molecule has 32 heavy (non-hydrogen) atoms. The highest BCUT2D eigenvalue weighted by atomic mass is 19.4. The molecule has 172 valence electrons. The van der Waals surface area contributed by atoms with Crippen molar-refractivity contribution in [3.8, 4) is 0 Å². The molecule has 10 heteroatoms. The molecule has 0 saturated carbocycles. The number of H-pyrrole nitrogens is 1. The molecule has 0 amide bonds. The van der Waals surface area contributed by atoms with Gasteiger partial charge in [-0.05, 0) is 54.7 Å². The fraction of sp³-hybridized carbons (Fsp3) is 0.364. The second-order valence-corrected chi connectivity index (χ2v) is 7.84. The van der Waals surface area contributed by atoms with Gasteiger partial charge in [0.25, 0.3) is 0 Å². The third kappa shape index (κ3) is 4.77.